The normalized spacial score (nSPS) is 16.0. The van der Waals surface area contributed by atoms with Crippen molar-refractivity contribution in [2.45, 2.75) is 31.3 Å². The Hall–Kier alpha value is -4.14. The summed E-state index contributed by atoms with van der Waals surface area (Å²) in [4.78, 5) is 37.8. The maximum Gasteiger partial charge on any atom is 0.416 e. The van der Waals surface area contributed by atoms with Gasteiger partial charge in [-0.3, -0.25) is 19.3 Å². The van der Waals surface area contributed by atoms with Crippen molar-refractivity contribution in [1.82, 2.24) is 4.90 Å². The molecular weight excluding hydrogens is 461 g/mol. The maximum absolute atomic E-state index is 12.9. The van der Waals surface area contributed by atoms with E-state index in [2.05, 4.69) is 5.32 Å². The van der Waals surface area contributed by atoms with Gasteiger partial charge in [-0.1, -0.05) is 24.3 Å². The van der Waals surface area contributed by atoms with E-state index in [1.807, 2.05) is 12.1 Å². The summed E-state index contributed by atoms with van der Waals surface area (Å²) in [6.07, 6.45) is -3.22. The van der Waals surface area contributed by atoms with Crippen molar-refractivity contribution in [3.05, 3.63) is 89.0 Å². The first kappa shape index (κ1) is 22.6. The monoisotopic (exact) mass is 480 g/mol. The largest absolute Gasteiger partial charge is 0.441 e. The van der Waals surface area contributed by atoms with Crippen LogP contribution < -0.4 is 5.32 Å². The second-order valence-electron chi connectivity index (χ2n) is 8.53. The first-order valence-electron chi connectivity index (χ1n) is 10.9. The highest BCUT2D eigenvalue weighted by Crippen LogP contribution is 2.46. The Labute approximate surface area is 198 Å². The molecule has 35 heavy (non-hydrogen) atoms. The lowest BCUT2D eigenvalue weighted by Gasteiger charge is -2.25. The number of fused-ring (bicyclic) bond motifs is 1. The number of alkyl halides is 3. The minimum absolute atomic E-state index is 0.107. The highest BCUT2D eigenvalue weighted by Gasteiger charge is 2.55. The van der Waals surface area contributed by atoms with E-state index in [0.29, 0.717) is 37.1 Å². The molecule has 1 aliphatic heterocycles. The number of amides is 2. The maximum atomic E-state index is 12.9. The van der Waals surface area contributed by atoms with Crippen molar-refractivity contribution < 1.29 is 32.3 Å². The zero-order valence-electron chi connectivity index (χ0n) is 18.3. The molecule has 0 radical (unpaired) electrons. The van der Waals surface area contributed by atoms with Gasteiger partial charge in [-0.15, -0.1) is 0 Å². The van der Waals surface area contributed by atoms with Crippen molar-refractivity contribution in [2.24, 2.45) is 0 Å². The van der Waals surface area contributed by atoms with Crippen LogP contribution in [0.5, 0.6) is 0 Å². The van der Waals surface area contributed by atoms with Gasteiger partial charge < -0.3 is 10.1 Å². The number of ether oxygens (including phenoxy) is 1. The molecule has 1 fully saturated rings. The molecule has 0 saturated heterocycles. The number of hydrogen-bond donors (Lipinski definition) is 1. The van der Waals surface area contributed by atoms with Gasteiger partial charge in [0, 0.05) is 29.7 Å². The van der Waals surface area contributed by atoms with Gasteiger partial charge in [0.25, 0.3) is 18.3 Å². The number of halogens is 3. The van der Waals surface area contributed by atoms with E-state index in [9.17, 15) is 27.6 Å². The van der Waals surface area contributed by atoms with Crippen LogP contribution in [0.2, 0.25) is 0 Å². The van der Waals surface area contributed by atoms with Crippen LogP contribution in [0.15, 0.2) is 66.7 Å². The molecule has 1 saturated carbocycles. The Bertz CT molecular complexity index is 1310. The lowest BCUT2D eigenvalue weighted by atomic mass is 10.00. The molecule has 0 spiro atoms. The molecule has 178 valence electrons. The molecule has 3 aromatic rings. The summed E-state index contributed by atoms with van der Waals surface area (Å²) in [6, 6.07) is 16.5. The van der Waals surface area contributed by atoms with Gasteiger partial charge >= 0.3 is 6.18 Å². The van der Waals surface area contributed by atoms with Crippen LogP contribution in [0.3, 0.4) is 0 Å². The first-order valence-corrected chi connectivity index (χ1v) is 10.9. The molecule has 1 heterocycles. The number of hydrogen-bond acceptors (Lipinski definition) is 4. The highest BCUT2D eigenvalue weighted by molar-refractivity contribution is 6.04. The van der Waals surface area contributed by atoms with Crippen LogP contribution in [0, 0.1) is 0 Å². The second-order valence-corrected chi connectivity index (χ2v) is 8.53. The summed E-state index contributed by atoms with van der Waals surface area (Å²) < 4.78 is 43.3. The quantitative estimate of drug-likeness (QED) is 0.490. The Balaban J connectivity index is 1.29. The van der Waals surface area contributed by atoms with Gasteiger partial charge in [0.05, 0.1) is 12.1 Å². The van der Waals surface area contributed by atoms with Crippen LogP contribution in [-0.2, 0) is 22.3 Å². The summed E-state index contributed by atoms with van der Waals surface area (Å²) in [5, 5.41) is 2.66. The van der Waals surface area contributed by atoms with E-state index >= 15 is 0 Å². The predicted octanol–water partition coefficient (Wildman–Crippen LogP) is 5.24. The summed E-state index contributed by atoms with van der Waals surface area (Å²) in [6.45, 7) is 0.768. The van der Waals surface area contributed by atoms with Crippen molar-refractivity contribution >= 4 is 24.0 Å². The first-order chi connectivity index (χ1) is 16.7. The summed E-state index contributed by atoms with van der Waals surface area (Å²) in [5.74, 6) is -0.706. The van der Waals surface area contributed by atoms with E-state index in [-0.39, 0.29) is 11.5 Å². The zero-order chi connectivity index (χ0) is 24.8. The number of carbonyl (C=O) groups excluding carboxylic acids is 3. The molecule has 0 atom stereocenters. The predicted molar refractivity (Wildman–Crippen MR) is 120 cm³/mol. The van der Waals surface area contributed by atoms with Crippen molar-refractivity contribution in [2.75, 3.05) is 5.32 Å². The van der Waals surface area contributed by atoms with Gasteiger partial charge in [-0.05, 0) is 59.2 Å². The summed E-state index contributed by atoms with van der Waals surface area (Å²) in [5.41, 5.74) is 1.98. The molecule has 5 rings (SSSR count). The molecule has 2 aliphatic rings. The summed E-state index contributed by atoms with van der Waals surface area (Å²) >= 11 is 0. The molecule has 3 aromatic carbocycles. The van der Waals surface area contributed by atoms with Crippen LogP contribution in [0.4, 0.5) is 18.9 Å². The Kier molecular flexibility index (Phi) is 5.35. The van der Waals surface area contributed by atoms with E-state index in [1.165, 1.54) is 0 Å². The lowest BCUT2D eigenvalue weighted by Crippen LogP contribution is -2.39. The van der Waals surface area contributed by atoms with E-state index in [0.717, 1.165) is 41.0 Å². The van der Waals surface area contributed by atoms with Crippen LogP contribution >= 0.6 is 0 Å². The van der Waals surface area contributed by atoms with Crippen LogP contribution in [0.1, 0.15) is 44.7 Å². The fraction of sp³-hybridized carbons (Fsp3) is 0.192. The van der Waals surface area contributed by atoms with E-state index in [1.54, 1.807) is 35.2 Å². The van der Waals surface area contributed by atoms with Crippen molar-refractivity contribution in [3.8, 4) is 11.1 Å². The Morgan fingerprint density at radius 1 is 0.971 bits per heavy atom. The average molecular weight is 480 g/mol. The second kappa shape index (κ2) is 8.26. The Morgan fingerprint density at radius 2 is 1.63 bits per heavy atom. The third-order valence-electron chi connectivity index (χ3n) is 6.30. The number of anilines is 1. The molecule has 1 aliphatic carbocycles. The van der Waals surface area contributed by atoms with Gasteiger partial charge in [0.2, 0.25) is 0 Å². The van der Waals surface area contributed by atoms with E-state index in [4.69, 9.17) is 4.74 Å². The topological polar surface area (TPSA) is 75.7 Å². The fourth-order valence-electron chi connectivity index (χ4n) is 4.22. The number of nitrogens with one attached hydrogen (secondary N) is 1. The third-order valence-corrected chi connectivity index (χ3v) is 6.30. The van der Waals surface area contributed by atoms with Crippen LogP contribution in [-0.4, -0.2) is 28.9 Å². The molecular formula is C26H19F3N2O4. The van der Waals surface area contributed by atoms with Crippen LogP contribution in [0.25, 0.3) is 11.1 Å². The van der Waals surface area contributed by atoms with E-state index < -0.39 is 23.4 Å². The fourth-order valence-corrected chi connectivity index (χ4v) is 4.22. The number of nitrogens with zero attached hydrogens (tertiary/aromatic N) is 1. The number of carbonyl (C=O) groups is 3. The molecule has 0 bridgehead atoms. The van der Waals surface area contributed by atoms with Crippen molar-refractivity contribution in [3.63, 3.8) is 0 Å². The Morgan fingerprint density at radius 3 is 2.23 bits per heavy atom. The molecule has 2 amide bonds. The summed E-state index contributed by atoms with van der Waals surface area (Å²) in [7, 11) is 0. The lowest BCUT2D eigenvalue weighted by molar-refractivity contribution is -0.145. The van der Waals surface area contributed by atoms with Gasteiger partial charge in [-0.2, -0.15) is 13.2 Å². The highest BCUT2D eigenvalue weighted by atomic mass is 19.4. The van der Waals surface area contributed by atoms with Gasteiger partial charge in [0.1, 0.15) is 0 Å². The SMILES string of the molecule is O=COC1(N2Cc3ccc(-c4ccc(NC(=O)c5ccc(C(F)(F)F)cc5)cc4)cc3C2=O)CC1. The minimum Gasteiger partial charge on any atom is -0.441 e. The number of rotatable bonds is 6. The third kappa shape index (κ3) is 4.25. The smallest absolute Gasteiger partial charge is 0.416 e. The molecule has 6 nitrogen and oxygen atoms in total. The average Bonchev–Trinajstić information content (AvgIpc) is 3.55. The van der Waals surface area contributed by atoms with Gasteiger partial charge in [0.15, 0.2) is 5.72 Å². The van der Waals surface area contributed by atoms with Gasteiger partial charge in [-0.25, -0.2) is 0 Å². The minimum atomic E-state index is -4.46. The van der Waals surface area contributed by atoms with Crippen molar-refractivity contribution in [1.29, 1.82) is 0 Å². The molecule has 0 aromatic heterocycles. The zero-order valence-corrected chi connectivity index (χ0v) is 18.3. The molecule has 9 heteroatoms. The molecule has 1 N–H and O–H groups in total. The number of benzene rings is 3. The standard InChI is InChI=1S/C26H19F3N2O4/c27-26(28,29)20-7-3-17(4-8-20)23(33)30-21-9-5-16(6-10-21)18-1-2-19-14-31(24(34)22(19)13-18)25(11-12-25)35-15-32/h1-10,13,15H,11-12,14H2,(H,30,33). The molecule has 0 unspecified atom stereocenters.